The summed E-state index contributed by atoms with van der Waals surface area (Å²) in [6, 6.07) is 13.1. The highest BCUT2D eigenvalue weighted by Crippen LogP contribution is 2.27. The first kappa shape index (κ1) is 16.1. The number of halogens is 2. The molecule has 2 aromatic rings. The van der Waals surface area contributed by atoms with Crippen molar-refractivity contribution in [2.24, 2.45) is 0 Å². The molecule has 0 fully saturated rings. The number of carboxylic acid groups (broad SMARTS) is 1. The van der Waals surface area contributed by atoms with Crippen molar-refractivity contribution in [3.05, 3.63) is 75.4 Å². The summed E-state index contributed by atoms with van der Waals surface area (Å²) in [5.74, 6) is -1.80. The number of rotatable bonds is 4. The number of hydrogen-bond donors (Lipinski definition) is 2. The Bertz CT molecular complexity index is 742. The van der Waals surface area contributed by atoms with Crippen LogP contribution < -0.4 is 5.32 Å². The van der Waals surface area contributed by atoms with E-state index >= 15 is 0 Å². The van der Waals surface area contributed by atoms with Gasteiger partial charge in [-0.2, -0.15) is 0 Å². The van der Waals surface area contributed by atoms with E-state index in [4.69, 9.17) is 23.2 Å². The van der Waals surface area contributed by atoms with Gasteiger partial charge in [-0.05, 0) is 29.8 Å². The van der Waals surface area contributed by atoms with Gasteiger partial charge in [0.25, 0.3) is 5.91 Å². The van der Waals surface area contributed by atoms with Crippen molar-refractivity contribution in [3.8, 4) is 0 Å². The third kappa shape index (κ3) is 3.87. The molecule has 6 heteroatoms. The summed E-state index contributed by atoms with van der Waals surface area (Å²) >= 11 is 11.9. The molecule has 2 N–H and O–H groups in total. The molecule has 0 aromatic heterocycles. The number of hydrogen-bond acceptors (Lipinski definition) is 2. The maximum Gasteiger partial charge on any atom is 0.352 e. The van der Waals surface area contributed by atoms with Crippen LogP contribution in [-0.4, -0.2) is 17.0 Å². The predicted octanol–water partition coefficient (Wildman–Crippen LogP) is 3.85. The van der Waals surface area contributed by atoms with Crippen molar-refractivity contribution in [3.63, 3.8) is 0 Å². The summed E-state index contributed by atoms with van der Waals surface area (Å²) in [6.45, 7) is 0. The van der Waals surface area contributed by atoms with E-state index in [1.807, 2.05) is 0 Å². The van der Waals surface area contributed by atoms with Gasteiger partial charge in [0, 0.05) is 5.56 Å². The molecule has 0 unspecified atom stereocenters. The SMILES string of the molecule is O=C(O)C(=Cc1cccc(Cl)c1Cl)NC(=O)c1ccccc1. The van der Waals surface area contributed by atoms with Crippen molar-refractivity contribution in [1.29, 1.82) is 0 Å². The second kappa shape index (κ2) is 7.11. The van der Waals surface area contributed by atoms with Crippen LogP contribution in [0, 0.1) is 0 Å². The molecule has 0 atom stereocenters. The van der Waals surface area contributed by atoms with Gasteiger partial charge in [-0.1, -0.05) is 53.5 Å². The van der Waals surface area contributed by atoms with Gasteiger partial charge in [0.05, 0.1) is 10.0 Å². The van der Waals surface area contributed by atoms with Crippen LogP contribution >= 0.6 is 23.2 Å². The van der Waals surface area contributed by atoms with Crippen LogP contribution in [0.15, 0.2) is 54.2 Å². The predicted molar refractivity (Wildman–Crippen MR) is 86.0 cm³/mol. The van der Waals surface area contributed by atoms with Crippen molar-refractivity contribution in [2.45, 2.75) is 0 Å². The highest BCUT2D eigenvalue weighted by molar-refractivity contribution is 6.42. The topological polar surface area (TPSA) is 66.4 Å². The van der Waals surface area contributed by atoms with Crippen molar-refractivity contribution < 1.29 is 14.7 Å². The first-order valence-electron chi connectivity index (χ1n) is 6.24. The first-order valence-corrected chi connectivity index (χ1v) is 7.00. The Morgan fingerprint density at radius 1 is 1.00 bits per heavy atom. The number of amides is 1. The van der Waals surface area contributed by atoms with E-state index in [1.54, 1.807) is 48.5 Å². The van der Waals surface area contributed by atoms with Crippen LogP contribution in [0.1, 0.15) is 15.9 Å². The Kier molecular flexibility index (Phi) is 5.20. The van der Waals surface area contributed by atoms with Gasteiger partial charge < -0.3 is 10.4 Å². The molecule has 0 heterocycles. The van der Waals surface area contributed by atoms with Crippen molar-refractivity contribution in [2.75, 3.05) is 0 Å². The van der Waals surface area contributed by atoms with E-state index in [9.17, 15) is 14.7 Å². The average Bonchev–Trinajstić information content (AvgIpc) is 2.51. The largest absolute Gasteiger partial charge is 0.477 e. The number of aliphatic carboxylic acids is 1. The molecule has 22 heavy (non-hydrogen) atoms. The fourth-order valence-electron chi connectivity index (χ4n) is 1.72. The molecule has 0 bridgehead atoms. The molecule has 0 saturated carbocycles. The highest BCUT2D eigenvalue weighted by atomic mass is 35.5. The average molecular weight is 336 g/mol. The molecular weight excluding hydrogens is 325 g/mol. The van der Waals surface area contributed by atoms with Crippen molar-refractivity contribution >= 4 is 41.2 Å². The standard InChI is InChI=1S/C16H11Cl2NO3/c17-12-8-4-7-11(14(12)18)9-13(16(21)22)19-15(20)10-5-2-1-3-6-10/h1-9H,(H,19,20)(H,21,22). The van der Waals surface area contributed by atoms with Crippen LogP contribution in [0.3, 0.4) is 0 Å². The zero-order valence-electron chi connectivity index (χ0n) is 11.2. The van der Waals surface area contributed by atoms with Gasteiger partial charge in [0.15, 0.2) is 0 Å². The fraction of sp³-hybridized carbons (Fsp3) is 0. The first-order chi connectivity index (χ1) is 10.5. The van der Waals surface area contributed by atoms with Crippen LogP contribution in [0.2, 0.25) is 10.0 Å². The summed E-state index contributed by atoms with van der Waals surface area (Å²) in [5, 5.41) is 12.1. The van der Waals surface area contributed by atoms with E-state index < -0.39 is 11.9 Å². The van der Waals surface area contributed by atoms with Gasteiger partial charge in [-0.3, -0.25) is 4.79 Å². The minimum Gasteiger partial charge on any atom is -0.477 e. The molecule has 2 aromatic carbocycles. The third-order valence-electron chi connectivity index (χ3n) is 2.80. The Morgan fingerprint density at radius 3 is 2.32 bits per heavy atom. The van der Waals surface area contributed by atoms with E-state index in [2.05, 4.69) is 5.32 Å². The molecule has 0 saturated heterocycles. The molecular formula is C16H11Cl2NO3. The molecule has 112 valence electrons. The summed E-state index contributed by atoms with van der Waals surface area (Å²) in [5.41, 5.74) is 0.463. The maximum absolute atomic E-state index is 12.0. The quantitative estimate of drug-likeness (QED) is 0.834. The van der Waals surface area contributed by atoms with E-state index in [1.165, 1.54) is 6.08 Å². The van der Waals surface area contributed by atoms with E-state index in [0.29, 0.717) is 16.1 Å². The molecule has 2 rings (SSSR count). The van der Waals surface area contributed by atoms with Crippen LogP contribution in [0.25, 0.3) is 6.08 Å². The Hall–Kier alpha value is -2.30. The summed E-state index contributed by atoms with van der Waals surface area (Å²) in [4.78, 5) is 23.3. The summed E-state index contributed by atoms with van der Waals surface area (Å²) in [7, 11) is 0. The number of benzene rings is 2. The molecule has 4 nitrogen and oxygen atoms in total. The van der Waals surface area contributed by atoms with Crippen molar-refractivity contribution in [1.82, 2.24) is 5.32 Å². The van der Waals surface area contributed by atoms with Gasteiger partial charge >= 0.3 is 5.97 Å². The highest BCUT2D eigenvalue weighted by Gasteiger charge is 2.14. The lowest BCUT2D eigenvalue weighted by atomic mass is 10.1. The third-order valence-corrected chi connectivity index (χ3v) is 3.63. The van der Waals surface area contributed by atoms with Crippen LogP contribution in [-0.2, 0) is 4.79 Å². The number of nitrogens with one attached hydrogen (secondary N) is 1. The van der Waals surface area contributed by atoms with E-state index in [-0.39, 0.29) is 10.7 Å². The Morgan fingerprint density at radius 2 is 1.68 bits per heavy atom. The molecule has 0 aliphatic rings. The Labute approximate surface area is 137 Å². The zero-order valence-corrected chi connectivity index (χ0v) is 12.7. The lowest BCUT2D eigenvalue weighted by molar-refractivity contribution is -0.132. The molecule has 1 amide bonds. The molecule has 0 aliphatic heterocycles. The maximum atomic E-state index is 12.0. The second-order valence-electron chi connectivity index (χ2n) is 4.33. The van der Waals surface area contributed by atoms with Gasteiger partial charge in [-0.15, -0.1) is 0 Å². The van der Waals surface area contributed by atoms with Crippen LogP contribution in [0.5, 0.6) is 0 Å². The second-order valence-corrected chi connectivity index (χ2v) is 5.11. The van der Waals surface area contributed by atoms with Crippen LogP contribution in [0.4, 0.5) is 0 Å². The normalized spacial score (nSPS) is 11.1. The molecule has 0 radical (unpaired) electrons. The number of carbonyl (C=O) groups is 2. The summed E-state index contributed by atoms with van der Waals surface area (Å²) < 4.78 is 0. The zero-order chi connectivity index (χ0) is 16.1. The summed E-state index contributed by atoms with van der Waals surface area (Å²) in [6.07, 6.45) is 1.26. The minimum atomic E-state index is -1.28. The van der Waals surface area contributed by atoms with E-state index in [0.717, 1.165) is 0 Å². The number of carboxylic acids is 1. The van der Waals surface area contributed by atoms with Gasteiger partial charge in [0.1, 0.15) is 5.70 Å². The number of carbonyl (C=O) groups excluding carboxylic acids is 1. The fourth-order valence-corrected chi connectivity index (χ4v) is 2.09. The van der Waals surface area contributed by atoms with Gasteiger partial charge in [0.2, 0.25) is 0 Å². The molecule has 0 spiro atoms. The smallest absolute Gasteiger partial charge is 0.352 e. The van der Waals surface area contributed by atoms with Gasteiger partial charge in [-0.25, -0.2) is 4.79 Å². The monoisotopic (exact) mass is 335 g/mol. The Balaban J connectivity index is 2.31. The lowest BCUT2D eigenvalue weighted by Crippen LogP contribution is -2.27. The molecule has 0 aliphatic carbocycles. The lowest BCUT2D eigenvalue weighted by Gasteiger charge is -2.07. The minimum absolute atomic E-state index is 0.219.